The third kappa shape index (κ3) is 5.68. The molecule has 14 heteroatoms. The molecule has 39 heavy (non-hydrogen) atoms. The molecule has 11 nitrogen and oxygen atoms in total. The summed E-state index contributed by atoms with van der Waals surface area (Å²) in [4.78, 5) is 39.1. The second-order valence-electron chi connectivity index (χ2n) is 9.88. The number of imidazole rings is 1. The van der Waals surface area contributed by atoms with Gasteiger partial charge in [0.2, 0.25) is 17.8 Å². The van der Waals surface area contributed by atoms with Crippen LogP contribution in [0.4, 0.5) is 31.2 Å². The van der Waals surface area contributed by atoms with Gasteiger partial charge in [-0.15, -0.1) is 0 Å². The molecule has 1 unspecified atom stereocenters. The van der Waals surface area contributed by atoms with Crippen molar-refractivity contribution in [3.63, 3.8) is 0 Å². The summed E-state index contributed by atoms with van der Waals surface area (Å²) in [6.45, 7) is 1.06. The molecule has 1 aliphatic heterocycles. The molecule has 1 saturated heterocycles. The summed E-state index contributed by atoms with van der Waals surface area (Å²) in [5.74, 6) is -1.59. The van der Waals surface area contributed by atoms with Gasteiger partial charge in [-0.25, -0.2) is 23.5 Å². The highest BCUT2D eigenvalue weighted by molar-refractivity contribution is 6.33. The molecule has 1 aliphatic carbocycles. The van der Waals surface area contributed by atoms with Gasteiger partial charge in [-0.3, -0.25) is 9.36 Å². The molecule has 0 spiro atoms. The van der Waals surface area contributed by atoms with Crippen molar-refractivity contribution >= 4 is 52.3 Å². The summed E-state index contributed by atoms with van der Waals surface area (Å²) in [6, 6.07) is 1.55. The molecule has 3 aromatic rings. The first-order valence-electron chi connectivity index (χ1n) is 12.8. The van der Waals surface area contributed by atoms with Crippen molar-refractivity contribution in [1.82, 2.24) is 24.4 Å². The molecule has 1 atom stereocenters. The molecule has 2 amide bonds. The van der Waals surface area contributed by atoms with E-state index < -0.39 is 11.6 Å². The van der Waals surface area contributed by atoms with Crippen LogP contribution >= 0.6 is 11.6 Å². The molecule has 1 aromatic carbocycles. The van der Waals surface area contributed by atoms with E-state index in [0.29, 0.717) is 55.9 Å². The van der Waals surface area contributed by atoms with Crippen molar-refractivity contribution in [3.05, 3.63) is 35.0 Å². The maximum Gasteiger partial charge on any atom is 0.409 e. The second kappa shape index (κ2) is 11.2. The fraction of sp³-hybridized carbons (Fsp3) is 0.480. The minimum atomic E-state index is -0.864. The Kier molecular flexibility index (Phi) is 7.69. The van der Waals surface area contributed by atoms with Crippen LogP contribution in [0.25, 0.3) is 11.2 Å². The predicted molar refractivity (Wildman–Crippen MR) is 141 cm³/mol. The van der Waals surface area contributed by atoms with Crippen molar-refractivity contribution in [1.29, 1.82) is 0 Å². The molecule has 3 heterocycles. The van der Waals surface area contributed by atoms with Gasteiger partial charge in [-0.2, -0.15) is 4.98 Å². The van der Waals surface area contributed by atoms with Gasteiger partial charge in [0, 0.05) is 37.2 Å². The number of aromatic nitrogens is 4. The Morgan fingerprint density at radius 1 is 1.15 bits per heavy atom. The molecule has 0 radical (unpaired) electrons. The Labute approximate surface area is 228 Å². The molecular weight excluding hydrogens is 534 g/mol. The largest absolute Gasteiger partial charge is 0.453 e. The molecule has 2 aromatic heterocycles. The number of primary amides is 1. The topological polar surface area (TPSA) is 140 Å². The van der Waals surface area contributed by atoms with Gasteiger partial charge >= 0.3 is 6.09 Å². The lowest BCUT2D eigenvalue weighted by Crippen LogP contribution is -2.45. The summed E-state index contributed by atoms with van der Waals surface area (Å²) in [7, 11) is 1.35. The van der Waals surface area contributed by atoms with Crippen molar-refractivity contribution in [2.75, 3.05) is 30.8 Å². The quantitative estimate of drug-likeness (QED) is 0.402. The zero-order valence-electron chi connectivity index (χ0n) is 21.3. The van der Waals surface area contributed by atoms with E-state index in [4.69, 9.17) is 27.1 Å². The van der Waals surface area contributed by atoms with E-state index in [-0.39, 0.29) is 46.7 Å². The number of benzene rings is 1. The molecule has 5 rings (SSSR count). The highest BCUT2D eigenvalue weighted by Crippen LogP contribution is 2.38. The van der Waals surface area contributed by atoms with Gasteiger partial charge < -0.3 is 26.0 Å². The zero-order chi connectivity index (χ0) is 27.7. The molecule has 4 N–H and O–H groups in total. The van der Waals surface area contributed by atoms with Crippen molar-refractivity contribution in [2.24, 2.45) is 11.7 Å². The summed E-state index contributed by atoms with van der Waals surface area (Å²) >= 11 is 6.15. The van der Waals surface area contributed by atoms with Crippen LogP contribution < -0.4 is 16.4 Å². The number of ether oxygens (including phenoxy) is 1. The van der Waals surface area contributed by atoms with Crippen molar-refractivity contribution < 1.29 is 23.1 Å². The Bertz CT molecular complexity index is 1370. The van der Waals surface area contributed by atoms with Gasteiger partial charge in [0.25, 0.3) is 0 Å². The van der Waals surface area contributed by atoms with Gasteiger partial charge in [-0.1, -0.05) is 11.6 Å². The SMILES string of the molecule is COC(=O)N1CCCC(Nc2ncc3nc(Nc4c(F)cc(F)cc4Cl)n([C@H]4CC[C@@H](C(N)=O)CC4)c3n2)C1. The molecule has 1 saturated carbocycles. The lowest BCUT2D eigenvalue weighted by Gasteiger charge is -2.32. The highest BCUT2D eigenvalue weighted by Gasteiger charge is 2.30. The fourth-order valence-corrected chi connectivity index (χ4v) is 5.60. The first-order chi connectivity index (χ1) is 18.7. The second-order valence-corrected chi connectivity index (χ2v) is 10.3. The minimum Gasteiger partial charge on any atom is -0.453 e. The molecule has 0 bridgehead atoms. The van der Waals surface area contributed by atoms with Crippen LogP contribution in [0.1, 0.15) is 44.6 Å². The Morgan fingerprint density at radius 3 is 2.62 bits per heavy atom. The van der Waals surface area contributed by atoms with Crippen molar-refractivity contribution in [2.45, 2.75) is 50.6 Å². The fourth-order valence-electron chi connectivity index (χ4n) is 5.36. The standard InChI is InChI=1S/C25H29ClF2N8O3/c1-39-25(38)35-8-2-3-15(12-35)31-23-30-11-19-22(34-23)36(16-6-4-13(5-7-16)21(29)37)24(32-19)33-20-17(26)9-14(27)10-18(20)28/h9-11,13,15-16H,2-8,12H2,1H3,(H2,29,37)(H,32,33)(H,30,31,34)/t13-,15?,16+. The van der Waals surface area contributed by atoms with E-state index in [1.807, 2.05) is 4.57 Å². The maximum absolute atomic E-state index is 14.7. The van der Waals surface area contributed by atoms with E-state index in [1.54, 1.807) is 11.1 Å². The minimum absolute atomic E-state index is 0.0811. The molecule has 2 fully saturated rings. The molecular formula is C25H29ClF2N8O3. The number of nitrogens with two attached hydrogens (primary N) is 1. The highest BCUT2D eigenvalue weighted by atomic mass is 35.5. The average molecular weight is 563 g/mol. The third-order valence-corrected chi connectivity index (χ3v) is 7.63. The number of likely N-dealkylation sites (tertiary alicyclic amines) is 1. The number of methoxy groups -OCH3 is 1. The summed E-state index contributed by atoms with van der Waals surface area (Å²) in [5.41, 5.74) is 6.37. The summed E-state index contributed by atoms with van der Waals surface area (Å²) in [5, 5.41) is 6.09. The van der Waals surface area contributed by atoms with Crippen LogP contribution in [0.15, 0.2) is 18.3 Å². The predicted octanol–water partition coefficient (Wildman–Crippen LogP) is 4.36. The normalized spacial score (nSPS) is 21.5. The van der Waals surface area contributed by atoms with Crippen LogP contribution in [0.2, 0.25) is 5.02 Å². The first kappa shape index (κ1) is 26.9. The number of nitrogens with zero attached hydrogens (tertiary/aromatic N) is 5. The van der Waals surface area contributed by atoms with E-state index in [0.717, 1.165) is 25.0 Å². The molecule has 208 valence electrons. The van der Waals surface area contributed by atoms with Crippen LogP contribution in [-0.2, 0) is 9.53 Å². The number of carbonyl (C=O) groups is 2. The third-order valence-electron chi connectivity index (χ3n) is 7.33. The maximum atomic E-state index is 14.7. The zero-order valence-corrected chi connectivity index (χ0v) is 22.0. The van der Waals surface area contributed by atoms with E-state index in [1.165, 1.54) is 7.11 Å². The summed E-state index contributed by atoms with van der Waals surface area (Å²) in [6.07, 6.45) is 5.22. The lowest BCUT2D eigenvalue weighted by atomic mass is 9.85. The van der Waals surface area contributed by atoms with Crippen LogP contribution in [0, 0.1) is 17.6 Å². The number of piperidine rings is 1. The smallest absolute Gasteiger partial charge is 0.409 e. The van der Waals surface area contributed by atoms with E-state index >= 15 is 0 Å². The average Bonchev–Trinajstić information content (AvgIpc) is 3.27. The van der Waals surface area contributed by atoms with E-state index in [2.05, 4.69) is 20.6 Å². The first-order valence-corrected chi connectivity index (χ1v) is 13.2. The number of halogens is 3. The number of carbonyl (C=O) groups excluding carboxylic acids is 2. The number of hydrogen-bond donors (Lipinski definition) is 3. The number of rotatable bonds is 6. The summed E-state index contributed by atoms with van der Waals surface area (Å²) < 4.78 is 35.0. The Morgan fingerprint density at radius 2 is 1.92 bits per heavy atom. The van der Waals surface area contributed by atoms with Gasteiger partial charge in [0.1, 0.15) is 11.3 Å². The van der Waals surface area contributed by atoms with Gasteiger partial charge in [-0.05, 0) is 44.6 Å². The monoisotopic (exact) mass is 562 g/mol. The van der Waals surface area contributed by atoms with E-state index in [9.17, 15) is 18.4 Å². The number of fused-ring (bicyclic) bond motifs is 1. The molecule has 2 aliphatic rings. The van der Waals surface area contributed by atoms with Crippen molar-refractivity contribution in [3.8, 4) is 0 Å². The van der Waals surface area contributed by atoms with Gasteiger partial charge in [0.05, 0.1) is 24.0 Å². The number of nitrogens with one attached hydrogen (secondary N) is 2. The lowest BCUT2D eigenvalue weighted by molar-refractivity contribution is -0.122. The number of hydrogen-bond acceptors (Lipinski definition) is 8. The Hall–Kier alpha value is -3.74. The van der Waals surface area contributed by atoms with Crippen LogP contribution in [0.5, 0.6) is 0 Å². The Balaban J connectivity index is 1.48. The number of amides is 2. The van der Waals surface area contributed by atoms with Gasteiger partial charge in [0.15, 0.2) is 11.5 Å². The van der Waals surface area contributed by atoms with Crippen LogP contribution in [-0.4, -0.2) is 62.7 Å². The number of anilines is 3. The van der Waals surface area contributed by atoms with Crippen LogP contribution in [0.3, 0.4) is 0 Å².